The van der Waals surface area contributed by atoms with Gasteiger partial charge in [-0.05, 0) is 42.2 Å². The van der Waals surface area contributed by atoms with E-state index in [1.807, 2.05) is 80.6 Å². The maximum atomic E-state index is 13.6. The Labute approximate surface area is 207 Å². The van der Waals surface area contributed by atoms with Gasteiger partial charge in [0.15, 0.2) is 18.1 Å². The minimum absolute atomic E-state index is 0.171. The van der Waals surface area contributed by atoms with Crippen molar-refractivity contribution >= 4 is 11.8 Å². The third kappa shape index (κ3) is 7.34. The van der Waals surface area contributed by atoms with Gasteiger partial charge in [0.25, 0.3) is 5.91 Å². The van der Waals surface area contributed by atoms with E-state index in [4.69, 9.17) is 9.47 Å². The topological polar surface area (TPSA) is 67.9 Å². The molecule has 3 aromatic rings. The van der Waals surface area contributed by atoms with Gasteiger partial charge in [-0.3, -0.25) is 9.59 Å². The van der Waals surface area contributed by atoms with Crippen LogP contribution in [-0.2, 0) is 22.6 Å². The number of para-hydroxylation sites is 2. The monoisotopic (exact) mass is 474 g/mol. The Morgan fingerprint density at radius 1 is 0.914 bits per heavy atom. The van der Waals surface area contributed by atoms with E-state index in [2.05, 4.69) is 5.32 Å². The molecule has 0 aromatic heterocycles. The van der Waals surface area contributed by atoms with E-state index in [1.54, 1.807) is 24.1 Å². The number of aryl methyl sites for hydroxylation is 1. The van der Waals surface area contributed by atoms with Crippen molar-refractivity contribution in [2.24, 2.45) is 0 Å². The van der Waals surface area contributed by atoms with Gasteiger partial charge in [-0.15, -0.1) is 0 Å². The highest BCUT2D eigenvalue weighted by Crippen LogP contribution is 2.26. The van der Waals surface area contributed by atoms with Gasteiger partial charge in [0.05, 0.1) is 7.11 Å². The van der Waals surface area contributed by atoms with E-state index in [-0.39, 0.29) is 18.4 Å². The Bertz CT molecular complexity index is 1100. The molecule has 2 amide bonds. The fourth-order valence-corrected chi connectivity index (χ4v) is 3.85. The lowest BCUT2D eigenvalue weighted by Crippen LogP contribution is -2.51. The first-order valence-corrected chi connectivity index (χ1v) is 11.9. The smallest absolute Gasteiger partial charge is 0.261 e. The summed E-state index contributed by atoms with van der Waals surface area (Å²) in [4.78, 5) is 28.6. The van der Waals surface area contributed by atoms with Crippen LogP contribution in [0.2, 0.25) is 0 Å². The molecular weight excluding hydrogens is 440 g/mol. The molecule has 6 nitrogen and oxygen atoms in total. The number of rotatable bonds is 12. The van der Waals surface area contributed by atoms with Crippen LogP contribution in [0.5, 0.6) is 11.5 Å². The molecule has 0 spiro atoms. The average molecular weight is 475 g/mol. The molecule has 0 aliphatic carbocycles. The lowest BCUT2D eigenvalue weighted by Gasteiger charge is -2.32. The second kappa shape index (κ2) is 13.2. The van der Waals surface area contributed by atoms with Crippen LogP contribution in [0.25, 0.3) is 0 Å². The highest BCUT2D eigenvalue weighted by Gasteiger charge is 2.31. The van der Waals surface area contributed by atoms with E-state index in [0.29, 0.717) is 31.0 Å². The van der Waals surface area contributed by atoms with Crippen LogP contribution in [0, 0.1) is 6.92 Å². The number of ether oxygens (including phenoxy) is 2. The van der Waals surface area contributed by atoms with Crippen molar-refractivity contribution in [3.63, 3.8) is 0 Å². The summed E-state index contributed by atoms with van der Waals surface area (Å²) in [7, 11) is 1.56. The van der Waals surface area contributed by atoms with Crippen molar-refractivity contribution in [2.75, 3.05) is 20.3 Å². The highest BCUT2D eigenvalue weighted by atomic mass is 16.5. The molecule has 6 heteroatoms. The number of nitrogens with zero attached hydrogens (tertiary/aromatic N) is 1. The summed E-state index contributed by atoms with van der Waals surface area (Å²) < 4.78 is 11.2. The molecule has 35 heavy (non-hydrogen) atoms. The maximum Gasteiger partial charge on any atom is 0.261 e. The minimum atomic E-state index is -0.683. The number of hydrogen-bond donors (Lipinski definition) is 1. The summed E-state index contributed by atoms with van der Waals surface area (Å²) in [6, 6.07) is 24.2. The van der Waals surface area contributed by atoms with Gasteiger partial charge in [-0.2, -0.15) is 0 Å². The van der Waals surface area contributed by atoms with Gasteiger partial charge in [0.1, 0.15) is 6.04 Å². The standard InChI is InChI=1S/C29H34N2O4/c1-4-18-30-29(33)25(19-23-13-6-5-7-14-23)31(20-24-15-9-8-12-22(24)2)28(32)21-35-27-17-11-10-16-26(27)34-3/h5-17,25H,4,18-21H2,1-3H3,(H,30,33)/t25-/m0/s1. The molecule has 0 heterocycles. The molecule has 0 fully saturated rings. The summed E-state index contributed by atoms with van der Waals surface area (Å²) in [5.74, 6) is 0.586. The molecule has 0 bridgehead atoms. The van der Waals surface area contributed by atoms with Gasteiger partial charge in [0, 0.05) is 19.5 Å². The van der Waals surface area contributed by atoms with E-state index in [0.717, 1.165) is 23.1 Å². The van der Waals surface area contributed by atoms with Crippen molar-refractivity contribution in [1.82, 2.24) is 10.2 Å². The zero-order valence-electron chi connectivity index (χ0n) is 20.7. The third-order valence-corrected chi connectivity index (χ3v) is 5.84. The van der Waals surface area contributed by atoms with Gasteiger partial charge in [-0.1, -0.05) is 73.7 Å². The van der Waals surface area contributed by atoms with E-state index < -0.39 is 6.04 Å². The zero-order valence-corrected chi connectivity index (χ0v) is 20.7. The first-order valence-electron chi connectivity index (χ1n) is 11.9. The van der Waals surface area contributed by atoms with Gasteiger partial charge >= 0.3 is 0 Å². The summed E-state index contributed by atoms with van der Waals surface area (Å²) >= 11 is 0. The summed E-state index contributed by atoms with van der Waals surface area (Å²) in [6.45, 7) is 4.65. The highest BCUT2D eigenvalue weighted by molar-refractivity contribution is 5.88. The quantitative estimate of drug-likeness (QED) is 0.418. The molecule has 0 unspecified atom stereocenters. The number of carbonyl (C=O) groups is 2. The van der Waals surface area contributed by atoms with Crippen LogP contribution in [0.4, 0.5) is 0 Å². The van der Waals surface area contributed by atoms with Crippen LogP contribution in [0.1, 0.15) is 30.0 Å². The molecular formula is C29H34N2O4. The zero-order chi connectivity index (χ0) is 25.0. The number of benzene rings is 3. The van der Waals surface area contributed by atoms with Crippen molar-refractivity contribution < 1.29 is 19.1 Å². The first kappa shape index (κ1) is 25.8. The second-order valence-corrected chi connectivity index (χ2v) is 8.38. The van der Waals surface area contributed by atoms with Crippen molar-refractivity contribution in [1.29, 1.82) is 0 Å². The molecule has 3 aromatic carbocycles. The normalized spacial score (nSPS) is 11.4. The lowest BCUT2D eigenvalue weighted by molar-refractivity contribution is -0.142. The second-order valence-electron chi connectivity index (χ2n) is 8.38. The maximum absolute atomic E-state index is 13.6. The molecule has 1 atom stereocenters. The van der Waals surface area contributed by atoms with E-state index in [1.165, 1.54) is 0 Å². The van der Waals surface area contributed by atoms with Crippen LogP contribution >= 0.6 is 0 Å². The molecule has 0 aliphatic heterocycles. The Kier molecular flexibility index (Phi) is 9.72. The number of methoxy groups -OCH3 is 1. The predicted octanol–water partition coefficient (Wildman–Crippen LogP) is 4.55. The molecule has 0 saturated heterocycles. The van der Waals surface area contributed by atoms with Crippen molar-refractivity contribution in [3.05, 3.63) is 95.6 Å². The van der Waals surface area contributed by atoms with Crippen LogP contribution < -0.4 is 14.8 Å². The summed E-state index contributed by atoms with van der Waals surface area (Å²) in [5, 5.41) is 2.99. The number of carbonyl (C=O) groups excluding carboxylic acids is 2. The van der Waals surface area contributed by atoms with Crippen LogP contribution in [-0.4, -0.2) is 43.0 Å². The SMILES string of the molecule is CCCNC(=O)[C@H](Cc1ccccc1)N(Cc1ccccc1C)C(=O)COc1ccccc1OC. The Morgan fingerprint density at radius 2 is 1.57 bits per heavy atom. The van der Waals surface area contributed by atoms with Crippen LogP contribution in [0.3, 0.4) is 0 Å². The number of nitrogens with one attached hydrogen (secondary N) is 1. The van der Waals surface area contributed by atoms with E-state index >= 15 is 0 Å². The molecule has 0 saturated carbocycles. The Balaban J connectivity index is 1.91. The molecule has 184 valence electrons. The molecule has 3 rings (SSSR count). The fourth-order valence-electron chi connectivity index (χ4n) is 3.85. The first-order chi connectivity index (χ1) is 17.0. The van der Waals surface area contributed by atoms with Crippen molar-refractivity contribution in [3.8, 4) is 11.5 Å². The fraction of sp³-hybridized carbons (Fsp3) is 0.310. The average Bonchev–Trinajstić information content (AvgIpc) is 2.89. The number of hydrogen-bond acceptors (Lipinski definition) is 4. The third-order valence-electron chi connectivity index (χ3n) is 5.84. The summed E-state index contributed by atoms with van der Waals surface area (Å²) in [5.41, 5.74) is 3.03. The summed E-state index contributed by atoms with van der Waals surface area (Å²) in [6.07, 6.45) is 1.22. The van der Waals surface area contributed by atoms with E-state index in [9.17, 15) is 9.59 Å². The Hall–Kier alpha value is -3.80. The van der Waals surface area contributed by atoms with Gasteiger partial charge in [-0.25, -0.2) is 0 Å². The Morgan fingerprint density at radius 3 is 2.26 bits per heavy atom. The largest absolute Gasteiger partial charge is 0.493 e. The lowest BCUT2D eigenvalue weighted by atomic mass is 10.0. The molecule has 0 aliphatic rings. The van der Waals surface area contributed by atoms with Gasteiger partial charge in [0.2, 0.25) is 5.91 Å². The minimum Gasteiger partial charge on any atom is -0.493 e. The van der Waals surface area contributed by atoms with Gasteiger partial charge < -0.3 is 19.7 Å². The molecule has 1 N–H and O–H groups in total. The molecule has 0 radical (unpaired) electrons. The van der Waals surface area contributed by atoms with Crippen molar-refractivity contribution in [2.45, 2.75) is 39.3 Å². The van der Waals surface area contributed by atoms with Crippen LogP contribution in [0.15, 0.2) is 78.9 Å². The number of amides is 2. The predicted molar refractivity (Wildman–Crippen MR) is 137 cm³/mol.